The first-order valence-electron chi connectivity index (χ1n) is 8.62. The van der Waals surface area contributed by atoms with Gasteiger partial charge in [0.1, 0.15) is 0 Å². The smallest absolute Gasteiger partial charge is 0.0723 e. The summed E-state index contributed by atoms with van der Waals surface area (Å²) in [4.78, 5) is 6.89. The van der Waals surface area contributed by atoms with Gasteiger partial charge in [-0.05, 0) is 49.4 Å². The van der Waals surface area contributed by atoms with Crippen LogP contribution in [0.1, 0.15) is 32.6 Å². The monoisotopic (exact) mass is 330 g/mol. The fraction of sp³-hybridized carbons (Fsp3) is 0.526. The lowest BCUT2D eigenvalue weighted by molar-refractivity contribution is -0.0597. The number of aromatic nitrogens is 1. The van der Waals surface area contributed by atoms with Crippen LogP contribution in [-0.4, -0.2) is 28.8 Å². The summed E-state index contributed by atoms with van der Waals surface area (Å²) in [5, 5.41) is 12.9. The number of hydrogen-bond acceptors (Lipinski definition) is 3. The minimum atomic E-state index is -0.488. The van der Waals surface area contributed by atoms with E-state index in [4.69, 9.17) is 11.6 Å². The number of pyridine rings is 1. The van der Waals surface area contributed by atoms with Crippen LogP contribution in [0, 0.1) is 11.8 Å². The lowest BCUT2D eigenvalue weighted by Crippen LogP contribution is -2.44. The maximum absolute atomic E-state index is 11.0. The maximum Gasteiger partial charge on any atom is 0.0723 e. The van der Waals surface area contributed by atoms with Crippen LogP contribution in [0.4, 0.5) is 5.69 Å². The molecule has 3 atom stereocenters. The highest BCUT2D eigenvalue weighted by Crippen LogP contribution is 2.46. The zero-order chi connectivity index (χ0) is 16.0. The summed E-state index contributed by atoms with van der Waals surface area (Å²) in [6.45, 7) is 4.08. The van der Waals surface area contributed by atoms with Crippen LogP contribution < -0.4 is 4.90 Å². The Kier molecular flexibility index (Phi) is 3.73. The Bertz CT molecular complexity index is 734. The summed E-state index contributed by atoms with van der Waals surface area (Å²) in [6, 6.07) is 7.96. The molecule has 0 bridgehead atoms. The molecule has 4 rings (SSSR count). The van der Waals surface area contributed by atoms with Gasteiger partial charge in [-0.3, -0.25) is 4.98 Å². The molecule has 0 spiro atoms. The predicted molar refractivity (Wildman–Crippen MR) is 95.0 cm³/mol. The van der Waals surface area contributed by atoms with Gasteiger partial charge in [-0.15, -0.1) is 0 Å². The van der Waals surface area contributed by atoms with Crippen molar-refractivity contribution in [1.29, 1.82) is 0 Å². The number of aliphatic hydroxyl groups is 1. The third-order valence-corrected chi connectivity index (χ3v) is 6.18. The van der Waals surface area contributed by atoms with Crippen LogP contribution in [0.25, 0.3) is 10.9 Å². The molecule has 0 unspecified atom stereocenters. The van der Waals surface area contributed by atoms with Gasteiger partial charge in [-0.2, -0.15) is 0 Å². The van der Waals surface area contributed by atoms with Crippen molar-refractivity contribution >= 4 is 28.2 Å². The summed E-state index contributed by atoms with van der Waals surface area (Å²) in [5.41, 5.74) is 1.69. The largest absolute Gasteiger partial charge is 0.390 e. The SMILES string of the molecule is CC[C@@]1(O)CCC[C@@H]2CN(c3ccnc4ccc(Cl)cc34)C[C@@H]21. The average Bonchev–Trinajstić information content (AvgIpc) is 3.00. The minimum absolute atomic E-state index is 0.378. The molecule has 2 fully saturated rings. The third kappa shape index (κ3) is 2.50. The first-order chi connectivity index (χ1) is 11.1. The molecule has 1 aromatic carbocycles. The van der Waals surface area contributed by atoms with Crippen LogP contribution in [0.15, 0.2) is 30.5 Å². The molecule has 4 heteroatoms. The van der Waals surface area contributed by atoms with Crippen molar-refractivity contribution in [1.82, 2.24) is 4.98 Å². The van der Waals surface area contributed by atoms with Crippen LogP contribution in [0.5, 0.6) is 0 Å². The Morgan fingerprint density at radius 3 is 3.04 bits per heavy atom. The molecule has 1 saturated heterocycles. The molecule has 1 aliphatic carbocycles. The molecule has 1 aliphatic heterocycles. The van der Waals surface area contributed by atoms with Crippen molar-refractivity contribution in [3.05, 3.63) is 35.5 Å². The van der Waals surface area contributed by atoms with Crippen LogP contribution in [-0.2, 0) is 0 Å². The number of anilines is 1. The Labute approximate surface area is 142 Å². The molecule has 1 N–H and O–H groups in total. The standard InChI is InChI=1S/C19H23ClN2O/c1-2-19(23)8-3-4-13-11-22(12-16(13)19)18-7-9-21-17-6-5-14(20)10-15(17)18/h5-7,9-10,13,16,23H,2-4,8,11-12H2,1H3/t13-,16+,19-/m1/s1. The number of nitrogens with zero attached hydrogens (tertiary/aromatic N) is 2. The molecule has 3 nitrogen and oxygen atoms in total. The van der Waals surface area contributed by atoms with E-state index in [0.717, 1.165) is 48.3 Å². The van der Waals surface area contributed by atoms with Crippen molar-refractivity contribution in [3.8, 4) is 0 Å². The molecule has 2 heterocycles. The quantitative estimate of drug-likeness (QED) is 0.893. The number of halogens is 1. The molecular weight excluding hydrogens is 308 g/mol. The van der Waals surface area contributed by atoms with Gasteiger partial charge in [0, 0.05) is 41.3 Å². The topological polar surface area (TPSA) is 36.4 Å². The summed E-state index contributed by atoms with van der Waals surface area (Å²) in [6.07, 6.45) is 6.04. The van der Waals surface area contributed by atoms with Gasteiger partial charge >= 0.3 is 0 Å². The van der Waals surface area contributed by atoms with Gasteiger partial charge < -0.3 is 10.0 Å². The molecule has 23 heavy (non-hydrogen) atoms. The number of fused-ring (bicyclic) bond motifs is 2. The predicted octanol–water partition coefficient (Wildman–Crippen LogP) is 4.27. The van der Waals surface area contributed by atoms with E-state index >= 15 is 0 Å². The van der Waals surface area contributed by atoms with E-state index in [9.17, 15) is 5.11 Å². The first-order valence-corrected chi connectivity index (χ1v) is 9.00. The zero-order valence-corrected chi connectivity index (χ0v) is 14.3. The molecule has 2 aromatic rings. The van der Waals surface area contributed by atoms with Crippen LogP contribution >= 0.6 is 11.6 Å². The average molecular weight is 331 g/mol. The van der Waals surface area contributed by atoms with Gasteiger partial charge in [0.25, 0.3) is 0 Å². The Morgan fingerprint density at radius 2 is 2.22 bits per heavy atom. The second-order valence-corrected chi connectivity index (χ2v) is 7.55. The van der Waals surface area contributed by atoms with Gasteiger partial charge in [-0.1, -0.05) is 24.9 Å². The van der Waals surface area contributed by atoms with Gasteiger partial charge in [-0.25, -0.2) is 0 Å². The fourth-order valence-electron chi connectivity index (χ4n) is 4.64. The lowest BCUT2D eigenvalue weighted by atomic mass is 9.69. The van der Waals surface area contributed by atoms with Crippen molar-refractivity contribution in [2.75, 3.05) is 18.0 Å². The van der Waals surface area contributed by atoms with Gasteiger partial charge in [0.15, 0.2) is 0 Å². The molecule has 122 valence electrons. The van der Waals surface area contributed by atoms with E-state index in [1.165, 1.54) is 12.1 Å². The van der Waals surface area contributed by atoms with Crippen molar-refractivity contribution in [2.24, 2.45) is 11.8 Å². The second-order valence-electron chi connectivity index (χ2n) is 7.11. The van der Waals surface area contributed by atoms with Crippen LogP contribution in [0.2, 0.25) is 5.02 Å². The van der Waals surface area contributed by atoms with Crippen molar-refractivity contribution < 1.29 is 5.11 Å². The van der Waals surface area contributed by atoms with Crippen molar-refractivity contribution in [3.63, 3.8) is 0 Å². The van der Waals surface area contributed by atoms with E-state index < -0.39 is 5.60 Å². The van der Waals surface area contributed by atoms with E-state index in [0.29, 0.717) is 11.8 Å². The second kappa shape index (κ2) is 5.64. The lowest BCUT2D eigenvalue weighted by Gasteiger charge is -2.40. The molecular formula is C19H23ClN2O. The molecule has 0 radical (unpaired) electrons. The molecule has 1 saturated carbocycles. The summed E-state index contributed by atoms with van der Waals surface area (Å²) < 4.78 is 0. The van der Waals surface area contributed by atoms with Crippen LogP contribution in [0.3, 0.4) is 0 Å². The minimum Gasteiger partial charge on any atom is -0.390 e. The zero-order valence-electron chi connectivity index (χ0n) is 13.5. The highest BCUT2D eigenvalue weighted by Gasteiger charge is 2.47. The Morgan fingerprint density at radius 1 is 1.35 bits per heavy atom. The Balaban J connectivity index is 1.71. The van der Waals surface area contributed by atoms with Gasteiger partial charge in [0.2, 0.25) is 0 Å². The van der Waals surface area contributed by atoms with E-state index in [-0.39, 0.29) is 0 Å². The van der Waals surface area contributed by atoms with E-state index in [1.807, 2.05) is 24.4 Å². The normalized spacial score (nSPS) is 30.7. The molecule has 0 amide bonds. The fourth-order valence-corrected chi connectivity index (χ4v) is 4.82. The third-order valence-electron chi connectivity index (χ3n) is 5.95. The Hall–Kier alpha value is -1.32. The summed E-state index contributed by atoms with van der Waals surface area (Å²) >= 11 is 6.20. The highest BCUT2D eigenvalue weighted by molar-refractivity contribution is 6.31. The highest BCUT2D eigenvalue weighted by atomic mass is 35.5. The summed E-state index contributed by atoms with van der Waals surface area (Å²) in [7, 11) is 0. The van der Waals surface area contributed by atoms with Crippen molar-refractivity contribution in [2.45, 2.75) is 38.2 Å². The molecule has 2 aliphatic rings. The maximum atomic E-state index is 11.0. The first kappa shape index (κ1) is 15.2. The number of rotatable bonds is 2. The molecule has 1 aromatic heterocycles. The van der Waals surface area contributed by atoms with E-state index in [2.05, 4.69) is 22.9 Å². The number of hydrogen-bond donors (Lipinski definition) is 1. The van der Waals surface area contributed by atoms with E-state index in [1.54, 1.807) is 0 Å². The van der Waals surface area contributed by atoms with Gasteiger partial charge in [0.05, 0.1) is 11.1 Å². The summed E-state index contributed by atoms with van der Waals surface area (Å²) in [5.74, 6) is 0.972. The number of benzene rings is 1.